The maximum Gasteiger partial charge on any atom is 0.511 e. The number of carbonyl (C=O) groups is 3. The molecule has 15 heavy (non-hydrogen) atoms. The van der Waals surface area contributed by atoms with E-state index in [0.29, 0.717) is 6.26 Å². The van der Waals surface area contributed by atoms with Crippen molar-refractivity contribution in [3.05, 3.63) is 12.0 Å². The number of ether oxygens (including phenoxy) is 3. The van der Waals surface area contributed by atoms with Crippen molar-refractivity contribution in [1.82, 2.24) is 0 Å². The van der Waals surface area contributed by atoms with Crippen LogP contribution < -0.4 is 0 Å². The lowest BCUT2D eigenvalue weighted by molar-refractivity contribution is 0.0683. The van der Waals surface area contributed by atoms with Crippen LogP contribution in [0.1, 0.15) is 0 Å². The normalized spacial score (nSPS) is 10.3. The Bertz CT molecular complexity index is 291. The molecule has 0 amide bonds. The van der Waals surface area contributed by atoms with E-state index in [4.69, 9.17) is 15.3 Å². The van der Waals surface area contributed by atoms with E-state index in [2.05, 4.69) is 14.2 Å². The molecular formula is C6H6O9. The topological polar surface area (TPSA) is 140 Å². The molecule has 9 nitrogen and oxygen atoms in total. The Morgan fingerprint density at radius 3 is 2.00 bits per heavy atom. The Balaban J connectivity index is 4.29. The molecule has 0 heterocycles. The molecule has 0 aromatic carbocycles. The molecular weight excluding hydrogens is 216 g/mol. The largest absolute Gasteiger partial charge is 0.511 e. The lowest BCUT2D eigenvalue weighted by atomic mass is 10.6. The van der Waals surface area contributed by atoms with Crippen molar-refractivity contribution in [1.29, 1.82) is 0 Å². The lowest BCUT2D eigenvalue weighted by Gasteiger charge is -2.04. The fraction of sp³-hybridized carbons (Fsp3) is 0.167. The molecule has 0 aliphatic carbocycles. The third kappa shape index (κ3) is 7.90. The van der Waals surface area contributed by atoms with Crippen LogP contribution >= 0.6 is 0 Å². The van der Waals surface area contributed by atoms with Gasteiger partial charge < -0.3 is 29.5 Å². The molecule has 84 valence electrons. The van der Waals surface area contributed by atoms with Gasteiger partial charge in [-0.25, -0.2) is 14.4 Å². The summed E-state index contributed by atoms with van der Waals surface area (Å²) in [7, 11) is 0. The smallest absolute Gasteiger partial charge is 0.450 e. The third-order valence-electron chi connectivity index (χ3n) is 0.847. The average Bonchev–Trinajstić information content (AvgIpc) is 2.08. The summed E-state index contributed by atoms with van der Waals surface area (Å²) < 4.78 is 11.7. The molecule has 0 bridgehead atoms. The van der Waals surface area contributed by atoms with Crippen LogP contribution in [-0.2, 0) is 14.2 Å². The predicted molar refractivity (Wildman–Crippen MR) is 40.3 cm³/mol. The molecule has 0 saturated heterocycles. The Morgan fingerprint density at radius 1 is 1.00 bits per heavy atom. The van der Waals surface area contributed by atoms with Gasteiger partial charge in [-0.2, -0.15) is 0 Å². The summed E-state index contributed by atoms with van der Waals surface area (Å²) in [6, 6.07) is 0. The third-order valence-corrected chi connectivity index (χ3v) is 0.847. The molecule has 0 aliphatic heterocycles. The van der Waals surface area contributed by atoms with Crippen LogP contribution in [0.2, 0.25) is 0 Å². The highest BCUT2D eigenvalue weighted by atomic mass is 16.7. The summed E-state index contributed by atoms with van der Waals surface area (Å²) in [4.78, 5) is 29.8. The SMILES string of the molecule is O=C(O)OC=C(COC(=O)O)OC(=O)O. The van der Waals surface area contributed by atoms with E-state index in [-0.39, 0.29) is 0 Å². The minimum Gasteiger partial charge on any atom is -0.450 e. The highest BCUT2D eigenvalue weighted by molar-refractivity contribution is 5.60. The van der Waals surface area contributed by atoms with Crippen molar-refractivity contribution < 1.29 is 43.9 Å². The highest BCUT2D eigenvalue weighted by Crippen LogP contribution is 2.00. The van der Waals surface area contributed by atoms with E-state index in [1.54, 1.807) is 0 Å². The van der Waals surface area contributed by atoms with Crippen LogP contribution in [0.3, 0.4) is 0 Å². The number of hydrogen-bond acceptors (Lipinski definition) is 6. The van der Waals surface area contributed by atoms with E-state index >= 15 is 0 Å². The van der Waals surface area contributed by atoms with Crippen LogP contribution in [0, 0.1) is 0 Å². The fourth-order valence-corrected chi connectivity index (χ4v) is 0.449. The van der Waals surface area contributed by atoms with Gasteiger partial charge in [0.15, 0.2) is 12.4 Å². The van der Waals surface area contributed by atoms with E-state index < -0.39 is 30.8 Å². The molecule has 0 aromatic rings. The molecule has 0 fully saturated rings. The van der Waals surface area contributed by atoms with Crippen LogP contribution in [0.4, 0.5) is 14.4 Å². The number of carboxylic acid groups (broad SMARTS) is 3. The van der Waals surface area contributed by atoms with Crippen molar-refractivity contribution in [2.24, 2.45) is 0 Å². The van der Waals surface area contributed by atoms with Gasteiger partial charge in [-0.3, -0.25) is 0 Å². The van der Waals surface area contributed by atoms with Crippen molar-refractivity contribution in [2.45, 2.75) is 0 Å². The molecule has 0 unspecified atom stereocenters. The quantitative estimate of drug-likeness (QED) is 0.359. The minimum absolute atomic E-state index is 0.402. The second-order valence-corrected chi connectivity index (χ2v) is 1.89. The van der Waals surface area contributed by atoms with Gasteiger partial charge in [0.25, 0.3) is 0 Å². The van der Waals surface area contributed by atoms with Crippen molar-refractivity contribution >= 4 is 18.5 Å². The van der Waals surface area contributed by atoms with E-state index in [0.717, 1.165) is 0 Å². The second-order valence-electron chi connectivity index (χ2n) is 1.89. The summed E-state index contributed by atoms with van der Waals surface area (Å²) >= 11 is 0. The van der Waals surface area contributed by atoms with Crippen LogP contribution in [0.25, 0.3) is 0 Å². The van der Waals surface area contributed by atoms with E-state index in [1.165, 1.54) is 0 Å². The summed E-state index contributed by atoms with van der Waals surface area (Å²) in [5.41, 5.74) is 0. The first kappa shape index (κ1) is 12.6. The first-order valence-electron chi connectivity index (χ1n) is 3.27. The maximum absolute atomic E-state index is 10.0. The van der Waals surface area contributed by atoms with Gasteiger partial charge in [-0.05, 0) is 0 Å². The molecule has 0 spiro atoms. The zero-order valence-electron chi connectivity index (χ0n) is 7.08. The van der Waals surface area contributed by atoms with Gasteiger partial charge in [0.1, 0.15) is 6.26 Å². The molecule has 0 saturated carbocycles. The van der Waals surface area contributed by atoms with Gasteiger partial charge in [0.2, 0.25) is 0 Å². The second kappa shape index (κ2) is 6.07. The van der Waals surface area contributed by atoms with Crippen molar-refractivity contribution in [3.8, 4) is 0 Å². The van der Waals surface area contributed by atoms with Gasteiger partial charge in [0.05, 0.1) is 0 Å². The highest BCUT2D eigenvalue weighted by Gasteiger charge is 2.09. The van der Waals surface area contributed by atoms with Gasteiger partial charge in [-0.1, -0.05) is 0 Å². The van der Waals surface area contributed by atoms with Crippen LogP contribution in [-0.4, -0.2) is 40.4 Å². The van der Waals surface area contributed by atoms with Crippen LogP contribution in [0.15, 0.2) is 12.0 Å². The Labute approximate surface area is 82.1 Å². The molecule has 3 N–H and O–H groups in total. The van der Waals surface area contributed by atoms with Crippen molar-refractivity contribution in [2.75, 3.05) is 6.61 Å². The Kier molecular flexibility index (Phi) is 5.08. The molecule has 0 radical (unpaired) electrons. The number of rotatable bonds is 4. The Morgan fingerprint density at radius 2 is 1.60 bits per heavy atom. The van der Waals surface area contributed by atoms with Gasteiger partial charge in [-0.15, -0.1) is 0 Å². The molecule has 0 atom stereocenters. The number of hydrogen-bond donors (Lipinski definition) is 3. The Hall–Kier alpha value is -2.45. The summed E-state index contributed by atoms with van der Waals surface area (Å²) in [5, 5.41) is 24.3. The monoisotopic (exact) mass is 222 g/mol. The van der Waals surface area contributed by atoms with E-state index in [1.807, 2.05) is 0 Å². The zero-order chi connectivity index (χ0) is 11.8. The van der Waals surface area contributed by atoms with Gasteiger partial charge in [0, 0.05) is 0 Å². The van der Waals surface area contributed by atoms with Crippen molar-refractivity contribution in [3.63, 3.8) is 0 Å². The lowest BCUT2D eigenvalue weighted by Crippen LogP contribution is -2.10. The summed E-state index contributed by atoms with van der Waals surface area (Å²) in [6.45, 7) is -0.783. The van der Waals surface area contributed by atoms with E-state index in [9.17, 15) is 14.4 Å². The maximum atomic E-state index is 10.0. The molecule has 0 aromatic heterocycles. The molecule has 0 rings (SSSR count). The minimum atomic E-state index is -1.76. The zero-order valence-corrected chi connectivity index (χ0v) is 7.08. The summed E-state index contributed by atoms with van der Waals surface area (Å²) in [6.07, 6.45) is -4.74. The van der Waals surface area contributed by atoms with Gasteiger partial charge >= 0.3 is 18.5 Å². The molecule has 0 aliphatic rings. The predicted octanol–water partition coefficient (Wildman–Crippen LogP) is 0.912. The standard InChI is InChI=1S/C6H6O9/c7-4(8)13-1-3(15-6(11)12)2-14-5(9)10/h1H,2H2,(H,7,8)(H,9,10)(H,11,12). The molecule has 9 heteroatoms. The van der Waals surface area contributed by atoms with Crippen LogP contribution in [0.5, 0.6) is 0 Å². The first-order chi connectivity index (χ1) is 6.91. The summed E-state index contributed by atoms with van der Waals surface area (Å²) in [5.74, 6) is -0.618. The first-order valence-corrected chi connectivity index (χ1v) is 3.27. The average molecular weight is 222 g/mol. The fourth-order valence-electron chi connectivity index (χ4n) is 0.449.